The molecule has 0 radical (unpaired) electrons. The number of carbonyl (C=O) groups excluding carboxylic acids is 1. The van der Waals surface area contributed by atoms with Gasteiger partial charge in [-0.25, -0.2) is 4.79 Å². The highest BCUT2D eigenvalue weighted by atomic mass is 16.7. The molecule has 0 aromatic carbocycles. The average Bonchev–Trinajstić information content (AvgIpc) is 3.15. The molecule has 24 heavy (non-hydrogen) atoms. The van der Waals surface area contributed by atoms with Crippen molar-refractivity contribution in [2.45, 2.75) is 33.1 Å². The predicted octanol–water partition coefficient (Wildman–Crippen LogP) is 2.56. The van der Waals surface area contributed by atoms with E-state index in [1.54, 1.807) is 6.08 Å². The number of hydrogen-bond acceptors (Lipinski definition) is 7. The van der Waals surface area contributed by atoms with Crippen molar-refractivity contribution in [3.63, 3.8) is 0 Å². The van der Waals surface area contributed by atoms with Crippen LogP contribution in [0.4, 0.5) is 4.79 Å². The Kier molecular flexibility index (Phi) is 6.56. The molecule has 0 spiro atoms. The van der Waals surface area contributed by atoms with Gasteiger partial charge in [0.15, 0.2) is 0 Å². The summed E-state index contributed by atoms with van der Waals surface area (Å²) in [5.41, 5.74) is 2.34. The molecule has 0 atom stereocenters. The second-order valence-electron chi connectivity index (χ2n) is 5.15. The summed E-state index contributed by atoms with van der Waals surface area (Å²) in [7, 11) is 0. The third-order valence-corrected chi connectivity index (χ3v) is 3.25. The molecular formula is C16H21N3O5. The van der Waals surface area contributed by atoms with Crippen LogP contribution < -0.4 is 10.1 Å². The molecule has 2 rings (SSSR count). The van der Waals surface area contributed by atoms with Gasteiger partial charge in [-0.05, 0) is 31.9 Å². The highest BCUT2D eigenvalue weighted by molar-refractivity contribution is 5.71. The Labute approximate surface area is 139 Å². The van der Waals surface area contributed by atoms with E-state index >= 15 is 0 Å². The van der Waals surface area contributed by atoms with E-state index in [-0.39, 0.29) is 19.1 Å². The van der Waals surface area contributed by atoms with E-state index in [0.717, 1.165) is 36.3 Å². The maximum atomic E-state index is 11.3. The van der Waals surface area contributed by atoms with Crippen LogP contribution in [0.3, 0.4) is 0 Å². The number of nitrogens with zero attached hydrogens (tertiary/aromatic N) is 2. The summed E-state index contributed by atoms with van der Waals surface area (Å²) < 4.78 is 15.0. The van der Waals surface area contributed by atoms with Gasteiger partial charge in [0.25, 0.3) is 0 Å². The first-order valence-electron chi connectivity index (χ1n) is 7.80. The number of aliphatic hydroxyl groups excluding tert-OH is 1. The molecule has 0 fully saturated rings. The molecule has 2 aromatic rings. The minimum absolute atomic E-state index is 0.0293. The van der Waals surface area contributed by atoms with Crippen LogP contribution in [0.2, 0.25) is 0 Å². The minimum atomic E-state index is -0.715. The molecule has 0 unspecified atom stereocenters. The van der Waals surface area contributed by atoms with Crippen molar-refractivity contribution in [1.82, 2.24) is 15.6 Å². The summed E-state index contributed by atoms with van der Waals surface area (Å²) in [6.07, 6.45) is 5.84. The van der Waals surface area contributed by atoms with Gasteiger partial charge in [-0.1, -0.05) is 23.7 Å². The second kappa shape index (κ2) is 8.88. The fourth-order valence-corrected chi connectivity index (χ4v) is 2.02. The molecule has 1 amide bonds. The Balaban J connectivity index is 2.00. The van der Waals surface area contributed by atoms with E-state index in [1.807, 2.05) is 13.0 Å². The van der Waals surface area contributed by atoms with Gasteiger partial charge >= 0.3 is 12.0 Å². The van der Waals surface area contributed by atoms with Crippen LogP contribution in [0.5, 0.6) is 5.95 Å². The summed E-state index contributed by atoms with van der Waals surface area (Å²) in [5, 5.41) is 18.8. The fraction of sp³-hybridized carbons (Fsp3) is 0.438. The van der Waals surface area contributed by atoms with Gasteiger partial charge < -0.3 is 24.2 Å². The quantitative estimate of drug-likeness (QED) is 0.762. The lowest BCUT2D eigenvalue weighted by molar-refractivity contribution is 0.177. The van der Waals surface area contributed by atoms with Crippen LogP contribution in [0.15, 0.2) is 15.1 Å². The van der Waals surface area contributed by atoms with Crippen molar-refractivity contribution in [1.29, 1.82) is 0 Å². The first kappa shape index (κ1) is 17.7. The van der Waals surface area contributed by atoms with Crippen LogP contribution in [0.25, 0.3) is 12.2 Å². The Morgan fingerprint density at radius 3 is 2.96 bits per heavy atom. The first-order chi connectivity index (χ1) is 11.6. The van der Waals surface area contributed by atoms with Gasteiger partial charge in [0, 0.05) is 12.1 Å². The van der Waals surface area contributed by atoms with Crippen LogP contribution in [0, 0.1) is 6.92 Å². The largest absolute Gasteiger partial charge is 0.415 e. The normalized spacial score (nSPS) is 11.1. The Hall–Kier alpha value is -2.61. The summed E-state index contributed by atoms with van der Waals surface area (Å²) in [4.78, 5) is 11.3. The molecule has 2 N–H and O–H groups in total. The molecule has 2 aromatic heterocycles. The topological polar surface area (TPSA) is 111 Å². The van der Waals surface area contributed by atoms with E-state index in [0.29, 0.717) is 5.69 Å². The number of aromatic nitrogens is 2. The SMILES string of the molecule is CCCCc1noc(C)c1/C=C/c1cc(OC(=O)NCCO)on1. The third-order valence-electron chi connectivity index (χ3n) is 3.25. The van der Waals surface area contributed by atoms with Gasteiger partial charge in [-0.15, -0.1) is 0 Å². The lowest BCUT2D eigenvalue weighted by Crippen LogP contribution is -2.29. The number of ether oxygens (including phenoxy) is 1. The summed E-state index contributed by atoms with van der Waals surface area (Å²) in [6, 6.07) is 1.49. The van der Waals surface area contributed by atoms with E-state index < -0.39 is 6.09 Å². The molecule has 0 saturated heterocycles. The number of unbranched alkanes of at least 4 members (excludes halogenated alkanes) is 1. The molecule has 8 heteroatoms. The molecule has 0 saturated carbocycles. The van der Waals surface area contributed by atoms with E-state index in [9.17, 15) is 4.79 Å². The number of amides is 1. The zero-order valence-corrected chi connectivity index (χ0v) is 13.7. The van der Waals surface area contributed by atoms with Crippen molar-refractivity contribution in [2.75, 3.05) is 13.2 Å². The smallest absolute Gasteiger partial charge is 0.395 e. The summed E-state index contributed by atoms with van der Waals surface area (Å²) >= 11 is 0. The van der Waals surface area contributed by atoms with E-state index in [1.165, 1.54) is 6.07 Å². The predicted molar refractivity (Wildman–Crippen MR) is 86.4 cm³/mol. The third kappa shape index (κ3) is 4.95. The zero-order chi connectivity index (χ0) is 17.4. The van der Waals surface area contributed by atoms with Gasteiger partial charge in [0.05, 0.1) is 18.4 Å². The Morgan fingerprint density at radius 1 is 1.38 bits per heavy atom. The molecule has 130 valence electrons. The average molecular weight is 335 g/mol. The number of aliphatic hydroxyl groups is 1. The number of hydrogen-bond donors (Lipinski definition) is 2. The highest BCUT2D eigenvalue weighted by Crippen LogP contribution is 2.20. The Bertz CT molecular complexity index is 690. The minimum Gasteiger partial charge on any atom is -0.395 e. The van der Waals surface area contributed by atoms with E-state index in [4.69, 9.17) is 18.9 Å². The first-order valence-corrected chi connectivity index (χ1v) is 7.80. The molecule has 0 bridgehead atoms. The number of carbonyl (C=O) groups is 1. The van der Waals surface area contributed by atoms with Gasteiger partial charge in [-0.3, -0.25) is 0 Å². The second-order valence-corrected chi connectivity index (χ2v) is 5.15. The van der Waals surface area contributed by atoms with Gasteiger partial charge in [0.2, 0.25) is 0 Å². The van der Waals surface area contributed by atoms with Crippen molar-refractivity contribution in [3.05, 3.63) is 28.8 Å². The van der Waals surface area contributed by atoms with Gasteiger partial charge in [0.1, 0.15) is 11.5 Å². The summed E-state index contributed by atoms with van der Waals surface area (Å²) in [6.45, 7) is 3.91. The lowest BCUT2D eigenvalue weighted by Gasteiger charge is -2.00. The molecule has 0 aliphatic carbocycles. The Morgan fingerprint density at radius 2 is 2.21 bits per heavy atom. The van der Waals surface area contributed by atoms with Crippen LogP contribution >= 0.6 is 0 Å². The molecular weight excluding hydrogens is 314 g/mol. The maximum Gasteiger partial charge on any atom is 0.415 e. The zero-order valence-electron chi connectivity index (χ0n) is 13.7. The lowest BCUT2D eigenvalue weighted by atomic mass is 10.1. The number of aryl methyl sites for hydroxylation is 2. The van der Waals surface area contributed by atoms with Crippen molar-refractivity contribution < 1.29 is 23.7 Å². The van der Waals surface area contributed by atoms with Crippen molar-refractivity contribution >= 4 is 18.2 Å². The monoisotopic (exact) mass is 335 g/mol. The van der Waals surface area contributed by atoms with E-state index in [2.05, 4.69) is 22.6 Å². The molecule has 8 nitrogen and oxygen atoms in total. The van der Waals surface area contributed by atoms with Crippen LogP contribution in [-0.2, 0) is 6.42 Å². The molecule has 0 aliphatic heterocycles. The summed E-state index contributed by atoms with van der Waals surface area (Å²) in [5.74, 6) is 0.707. The van der Waals surface area contributed by atoms with Crippen LogP contribution in [0.1, 0.15) is 42.5 Å². The molecule has 2 heterocycles. The van der Waals surface area contributed by atoms with Crippen molar-refractivity contribution in [3.8, 4) is 5.95 Å². The molecule has 0 aliphatic rings. The fourth-order valence-electron chi connectivity index (χ4n) is 2.02. The standard InChI is InChI=1S/C16H21N3O5/c1-3-4-5-14-13(11(2)23-19-14)7-6-12-10-15(24-18-12)22-16(21)17-8-9-20/h6-7,10,20H,3-5,8-9H2,1-2H3,(H,17,21)/b7-6+. The maximum absolute atomic E-state index is 11.3. The number of nitrogens with one attached hydrogen (secondary N) is 1. The number of rotatable bonds is 8. The van der Waals surface area contributed by atoms with Crippen LogP contribution in [-0.4, -0.2) is 34.7 Å². The van der Waals surface area contributed by atoms with Crippen molar-refractivity contribution in [2.24, 2.45) is 0 Å². The highest BCUT2D eigenvalue weighted by Gasteiger charge is 2.11. The van der Waals surface area contributed by atoms with Gasteiger partial charge in [-0.2, -0.15) is 0 Å².